The molecule has 0 saturated carbocycles. The number of nitrogens with one attached hydrogen (secondary N) is 1. The van der Waals surface area contributed by atoms with Gasteiger partial charge < -0.3 is 19.8 Å². The third kappa shape index (κ3) is 2.14. The van der Waals surface area contributed by atoms with E-state index in [-0.39, 0.29) is 17.5 Å². The van der Waals surface area contributed by atoms with Crippen LogP contribution in [0.25, 0.3) is 10.9 Å². The normalized spacial score (nSPS) is 12.5. The lowest BCUT2D eigenvalue weighted by molar-refractivity contribution is 0.395. The quantitative estimate of drug-likeness (QED) is 0.508. The highest BCUT2D eigenvalue weighted by Crippen LogP contribution is 2.39. The third-order valence-corrected chi connectivity index (χ3v) is 4.08. The lowest BCUT2D eigenvalue weighted by Gasteiger charge is -2.20. The zero-order valence-corrected chi connectivity index (χ0v) is 12.2. The van der Waals surface area contributed by atoms with Gasteiger partial charge in [0.15, 0.2) is 11.5 Å². The maximum absolute atomic E-state index is 10.3. The van der Waals surface area contributed by atoms with Crippen LogP contribution in [0.15, 0.2) is 67.4 Å². The standard InChI is InChI=1S/C18H15N3O2/c22-16-7-3-5-13(18(16)23)17(21-9-8-19-11-21)14-10-20-15-6-2-1-4-12(14)15/h1-11,17,20,22-23H. The van der Waals surface area contributed by atoms with Crippen LogP contribution in [0.4, 0.5) is 0 Å². The van der Waals surface area contributed by atoms with E-state index in [0.29, 0.717) is 5.56 Å². The Labute approximate surface area is 132 Å². The van der Waals surface area contributed by atoms with Crippen LogP contribution >= 0.6 is 0 Å². The Kier molecular flexibility index (Phi) is 3.05. The number of phenolic OH excluding ortho intramolecular Hbond substituents is 2. The second-order valence-electron chi connectivity index (χ2n) is 5.42. The Hall–Kier alpha value is -3.21. The summed E-state index contributed by atoms with van der Waals surface area (Å²) in [5, 5.41) is 21.3. The highest BCUT2D eigenvalue weighted by molar-refractivity contribution is 5.84. The molecule has 23 heavy (non-hydrogen) atoms. The van der Waals surface area contributed by atoms with Gasteiger partial charge in [-0.2, -0.15) is 0 Å². The Morgan fingerprint density at radius 2 is 1.87 bits per heavy atom. The molecule has 0 spiro atoms. The average Bonchev–Trinajstić information content (AvgIpc) is 3.22. The third-order valence-electron chi connectivity index (χ3n) is 4.08. The lowest BCUT2D eigenvalue weighted by Crippen LogP contribution is -2.10. The van der Waals surface area contributed by atoms with Gasteiger partial charge >= 0.3 is 0 Å². The number of aromatic amines is 1. The molecule has 3 N–H and O–H groups in total. The van der Waals surface area contributed by atoms with E-state index in [1.165, 1.54) is 6.07 Å². The molecule has 4 aromatic rings. The fourth-order valence-electron chi connectivity index (χ4n) is 3.00. The number of nitrogens with zero attached hydrogens (tertiary/aromatic N) is 2. The summed E-state index contributed by atoms with van der Waals surface area (Å²) in [5.74, 6) is -0.246. The molecule has 0 saturated heterocycles. The molecule has 0 aliphatic carbocycles. The van der Waals surface area contributed by atoms with E-state index in [0.717, 1.165) is 16.5 Å². The van der Waals surface area contributed by atoms with Crippen molar-refractivity contribution in [3.05, 3.63) is 78.5 Å². The predicted octanol–water partition coefficient (Wildman–Crippen LogP) is 3.41. The number of para-hydroxylation sites is 2. The van der Waals surface area contributed by atoms with Crippen LogP contribution in [0.3, 0.4) is 0 Å². The zero-order chi connectivity index (χ0) is 15.8. The van der Waals surface area contributed by atoms with E-state index in [1.54, 1.807) is 18.6 Å². The van der Waals surface area contributed by atoms with Crippen molar-refractivity contribution < 1.29 is 10.2 Å². The van der Waals surface area contributed by atoms with Crippen molar-refractivity contribution in [2.45, 2.75) is 6.04 Å². The van der Waals surface area contributed by atoms with Crippen molar-refractivity contribution in [2.75, 3.05) is 0 Å². The molecule has 0 aliphatic heterocycles. The van der Waals surface area contributed by atoms with Crippen molar-refractivity contribution in [3.63, 3.8) is 0 Å². The van der Waals surface area contributed by atoms with Gasteiger partial charge in [0, 0.05) is 40.6 Å². The van der Waals surface area contributed by atoms with Gasteiger partial charge in [-0.1, -0.05) is 30.3 Å². The van der Waals surface area contributed by atoms with Gasteiger partial charge in [0.1, 0.15) is 0 Å². The molecule has 2 aromatic carbocycles. The number of fused-ring (bicyclic) bond motifs is 1. The SMILES string of the molecule is Oc1cccc(C(c2c[nH]c3ccccc23)n2ccnc2)c1O. The van der Waals surface area contributed by atoms with Crippen LogP contribution in [-0.4, -0.2) is 24.7 Å². The molecule has 5 nitrogen and oxygen atoms in total. The fourth-order valence-corrected chi connectivity index (χ4v) is 3.00. The summed E-state index contributed by atoms with van der Waals surface area (Å²) in [6.07, 6.45) is 7.17. The molecule has 0 amide bonds. The number of H-pyrrole nitrogens is 1. The molecule has 0 aliphatic rings. The number of aromatic hydroxyl groups is 2. The minimum Gasteiger partial charge on any atom is -0.504 e. The summed E-state index contributed by atoms with van der Waals surface area (Å²) in [5.41, 5.74) is 2.64. The molecule has 1 unspecified atom stereocenters. The first-order chi connectivity index (χ1) is 11.3. The topological polar surface area (TPSA) is 74.1 Å². The van der Waals surface area contributed by atoms with Gasteiger partial charge in [0.25, 0.3) is 0 Å². The Morgan fingerprint density at radius 1 is 1.00 bits per heavy atom. The summed E-state index contributed by atoms with van der Waals surface area (Å²) in [6, 6.07) is 12.7. The van der Waals surface area contributed by atoms with Crippen LogP contribution in [0.1, 0.15) is 17.2 Å². The summed E-state index contributed by atoms with van der Waals surface area (Å²) in [6.45, 7) is 0. The van der Waals surface area contributed by atoms with Crippen molar-refractivity contribution in [2.24, 2.45) is 0 Å². The monoisotopic (exact) mass is 305 g/mol. The molecule has 0 bridgehead atoms. The first kappa shape index (κ1) is 13.5. The molecule has 5 heteroatoms. The van der Waals surface area contributed by atoms with Crippen LogP contribution < -0.4 is 0 Å². The van der Waals surface area contributed by atoms with E-state index in [4.69, 9.17) is 0 Å². The van der Waals surface area contributed by atoms with E-state index < -0.39 is 0 Å². The van der Waals surface area contributed by atoms with Crippen LogP contribution in [-0.2, 0) is 0 Å². The summed E-state index contributed by atoms with van der Waals surface area (Å²) in [4.78, 5) is 7.38. The largest absolute Gasteiger partial charge is 0.504 e. The second kappa shape index (κ2) is 5.21. The molecule has 2 aromatic heterocycles. The number of imidazole rings is 1. The number of hydrogen-bond acceptors (Lipinski definition) is 3. The molecule has 0 radical (unpaired) electrons. The van der Waals surface area contributed by atoms with Crippen molar-refractivity contribution in [1.82, 2.24) is 14.5 Å². The van der Waals surface area contributed by atoms with Crippen LogP contribution in [0.2, 0.25) is 0 Å². The molecular weight excluding hydrogens is 290 g/mol. The average molecular weight is 305 g/mol. The Morgan fingerprint density at radius 3 is 2.70 bits per heavy atom. The molecule has 4 rings (SSSR count). The smallest absolute Gasteiger partial charge is 0.163 e. The van der Waals surface area contributed by atoms with E-state index in [9.17, 15) is 10.2 Å². The molecule has 0 fully saturated rings. The summed E-state index contributed by atoms with van der Waals surface area (Å²) < 4.78 is 1.91. The maximum Gasteiger partial charge on any atom is 0.163 e. The summed E-state index contributed by atoms with van der Waals surface area (Å²) in [7, 11) is 0. The number of phenols is 2. The number of rotatable bonds is 3. The van der Waals surface area contributed by atoms with Crippen molar-refractivity contribution in [3.8, 4) is 11.5 Å². The van der Waals surface area contributed by atoms with Gasteiger partial charge in [0.2, 0.25) is 0 Å². The highest BCUT2D eigenvalue weighted by atomic mass is 16.3. The second-order valence-corrected chi connectivity index (χ2v) is 5.42. The Bertz CT molecular complexity index is 957. The van der Waals surface area contributed by atoms with Crippen LogP contribution in [0, 0.1) is 0 Å². The van der Waals surface area contributed by atoms with Gasteiger partial charge in [-0.25, -0.2) is 4.98 Å². The molecule has 1 atom stereocenters. The van der Waals surface area contributed by atoms with Gasteiger partial charge in [-0.3, -0.25) is 0 Å². The first-order valence-electron chi connectivity index (χ1n) is 7.30. The Balaban J connectivity index is 1.99. The fraction of sp³-hybridized carbons (Fsp3) is 0.0556. The van der Waals surface area contributed by atoms with Gasteiger partial charge in [-0.15, -0.1) is 0 Å². The highest BCUT2D eigenvalue weighted by Gasteiger charge is 2.23. The maximum atomic E-state index is 10.3. The minimum absolute atomic E-state index is 0.114. The van der Waals surface area contributed by atoms with E-state index in [2.05, 4.69) is 9.97 Å². The number of aromatic nitrogens is 3. The predicted molar refractivity (Wildman–Crippen MR) is 87.5 cm³/mol. The van der Waals surface area contributed by atoms with Crippen molar-refractivity contribution >= 4 is 10.9 Å². The minimum atomic E-state index is -0.291. The lowest BCUT2D eigenvalue weighted by atomic mass is 9.97. The number of benzene rings is 2. The molecular formula is C18H15N3O2. The number of hydrogen-bond donors (Lipinski definition) is 3. The van der Waals surface area contributed by atoms with E-state index >= 15 is 0 Å². The van der Waals surface area contributed by atoms with E-state index in [1.807, 2.05) is 47.3 Å². The van der Waals surface area contributed by atoms with Crippen LogP contribution in [0.5, 0.6) is 11.5 Å². The summed E-state index contributed by atoms with van der Waals surface area (Å²) >= 11 is 0. The zero-order valence-electron chi connectivity index (χ0n) is 12.2. The van der Waals surface area contributed by atoms with Gasteiger partial charge in [0.05, 0.1) is 12.4 Å². The first-order valence-corrected chi connectivity index (χ1v) is 7.30. The van der Waals surface area contributed by atoms with Crippen molar-refractivity contribution in [1.29, 1.82) is 0 Å². The molecule has 114 valence electrons. The molecule has 2 heterocycles. The van der Waals surface area contributed by atoms with Gasteiger partial charge in [-0.05, 0) is 12.1 Å².